The van der Waals surface area contributed by atoms with Crippen LogP contribution in [0, 0.1) is 5.92 Å². The summed E-state index contributed by atoms with van der Waals surface area (Å²) in [6.07, 6.45) is 5.44. The first kappa shape index (κ1) is 16.3. The van der Waals surface area contributed by atoms with E-state index in [4.69, 9.17) is 4.74 Å². The summed E-state index contributed by atoms with van der Waals surface area (Å²) in [4.78, 5) is 18.3. The van der Waals surface area contributed by atoms with E-state index in [9.17, 15) is 4.79 Å². The predicted octanol–water partition coefficient (Wildman–Crippen LogP) is 0.771. The van der Waals surface area contributed by atoms with Gasteiger partial charge >= 0.3 is 5.97 Å². The number of nitrogens with zero attached hydrogens (tertiary/aromatic N) is 4. The first-order valence-electron chi connectivity index (χ1n) is 7.73. The number of hydrogen-bond acceptors (Lipinski definition) is 4. The second-order valence-corrected chi connectivity index (χ2v) is 5.44. The molecule has 0 radical (unpaired) electrons. The fraction of sp³-hybridized carbons (Fsp3) is 0.667. The summed E-state index contributed by atoms with van der Waals surface area (Å²) in [5.41, 5.74) is 1.12. The Balaban J connectivity index is 1.82. The van der Waals surface area contributed by atoms with Gasteiger partial charge in [0.1, 0.15) is 0 Å². The molecule has 2 heterocycles. The Morgan fingerprint density at radius 2 is 2.23 bits per heavy atom. The Hall–Kier alpha value is -2.05. The van der Waals surface area contributed by atoms with Gasteiger partial charge in [-0.2, -0.15) is 5.10 Å². The van der Waals surface area contributed by atoms with Crippen LogP contribution in [0.3, 0.4) is 0 Å². The van der Waals surface area contributed by atoms with Crippen LogP contribution in [0.5, 0.6) is 0 Å². The van der Waals surface area contributed by atoms with Crippen molar-refractivity contribution in [2.75, 3.05) is 26.7 Å². The van der Waals surface area contributed by atoms with Crippen molar-refractivity contribution in [2.45, 2.75) is 26.3 Å². The topological polar surface area (TPSA) is 71.8 Å². The van der Waals surface area contributed by atoms with Crippen molar-refractivity contribution in [1.29, 1.82) is 0 Å². The van der Waals surface area contributed by atoms with Crippen molar-refractivity contribution in [3.63, 3.8) is 0 Å². The van der Waals surface area contributed by atoms with Gasteiger partial charge < -0.3 is 15.0 Å². The number of rotatable bonds is 4. The van der Waals surface area contributed by atoms with E-state index in [1.165, 1.54) is 0 Å². The summed E-state index contributed by atoms with van der Waals surface area (Å²) >= 11 is 0. The smallest absolute Gasteiger partial charge is 0.309 e. The molecule has 0 saturated carbocycles. The first-order valence-corrected chi connectivity index (χ1v) is 7.73. The fourth-order valence-electron chi connectivity index (χ4n) is 2.66. The first-order chi connectivity index (χ1) is 10.6. The zero-order valence-electron chi connectivity index (χ0n) is 13.6. The highest BCUT2D eigenvalue weighted by Gasteiger charge is 2.27. The predicted molar refractivity (Wildman–Crippen MR) is 84.3 cm³/mol. The Morgan fingerprint density at radius 3 is 2.77 bits per heavy atom. The van der Waals surface area contributed by atoms with Crippen LogP contribution in [-0.2, 0) is 23.1 Å². The number of ether oxygens (including phenoxy) is 1. The average Bonchev–Trinajstić information content (AvgIpc) is 2.94. The molecule has 7 nitrogen and oxygen atoms in total. The SMILES string of the molecule is CCOC(=O)C1CCN(C(=NC)NCc2cnn(C)c2)CC1. The number of guanidine groups is 1. The third-order valence-corrected chi connectivity index (χ3v) is 3.84. The maximum Gasteiger partial charge on any atom is 0.309 e. The average molecular weight is 307 g/mol. The van der Waals surface area contributed by atoms with Crippen LogP contribution in [0.15, 0.2) is 17.4 Å². The number of likely N-dealkylation sites (tertiary alicyclic amines) is 1. The highest BCUT2D eigenvalue weighted by Crippen LogP contribution is 2.18. The molecule has 0 aliphatic carbocycles. The standard InChI is InChI=1S/C15H25N5O2/c1-4-22-14(21)13-5-7-20(8-6-13)15(16-2)17-9-12-10-18-19(3)11-12/h10-11,13H,4-9H2,1-3H3,(H,16,17). The molecular weight excluding hydrogens is 282 g/mol. The van der Waals surface area contributed by atoms with E-state index in [1.54, 1.807) is 11.7 Å². The molecule has 1 aromatic rings. The van der Waals surface area contributed by atoms with Crippen LogP contribution in [0.1, 0.15) is 25.3 Å². The third kappa shape index (κ3) is 4.22. The molecule has 0 spiro atoms. The second-order valence-electron chi connectivity index (χ2n) is 5.44. The van der Waals surface area contributed by atoms with Crippen LogP contribution in [0.25, 0.3) is 0 Å². The van der Waals surface area contributed by atoms with Crippen molar-refractivity contribution in [3.8, 4) is 0 Å². The number of carbonyl (C=O) groups excluding carboxylic acids is 1. The summed E-state index contributed by atoms with van der Waals surface area (Å²) in [7, 11) is 3.68. The van der Waals surface area contributed by atoms with Crippen molar-refractivity contribution in [2.24, 2.45) is 18.0 Å². The molecule has 2 rings (SSSR count). The zero-order valence-corrected chi connectivity index (χ0v) is 13.6. The summed E-state index contributed by atoms with van der Waals surface area (Å²) in [5.74, 6) is 0.819. The molecule has 22 heavy (non-hydrogen) atoms. The van der Waals surface area contributed by atoms with Gasteiger partial charge in [-0.25, -0.2) is 0 Å². The monoisotopic (exact) mass is 307 g/mol. The van der Waals surface area contributed by atoms with Gasteiger partial charge in [0.2, 0.25) is 0 Å². The second kappa shape index (κ2) is 7.82. The number of nitrogens with one attached hydrogen (secondary N) is 1. The molecule has 0 aromatic carbocycles. The number of esters is 1. The summed E-state index contributed by atoms with van der Waals surface area (Å²) < 4.78 is 6.88. The third-order valence-electron chi connectivity index (χ3n) is 3.84. The van der Waals surface area contributed by atoms with Crippen molar-refractivity contribution >= 4 is 11.9 Å². The Kier molecular flexibility index (Phi) is 5.80. The van der Waals surface area contributed by atoms with Gasteiger partial charge in [-0.1, -0.05) is 0 Å². The lowest BCUT2D eigenvalue weighted by Crippen LogP contribution is -2.46. The number of carbonyl (C=O) groups is 1. The molecule has 1 saturated heterocycles. The maximum absolute atomic E-state index is 11.8. The van der Waals surface area contributed by atoms with E-state index < -0.39 is 0 Å². The lowest BCUT2D eigenvalue weighted by molar-refractivity contribution is -0.149. The van der Waals surface area contributed by atoms with Gasteiger partial charge in [0, 0.05) is 45.5 Å². The molecule has 122 valence electrons. The van der Waals surface area contributed by atoms with E-state index in [-0.39, 0.29) is 11.9 Å². The summed E-state index contributed by atoms with van der Waals surface area (Å²) in [5, 5.41) is 7.50. The minimum absolute atomic E-state index is 0.0210. The molecule has 0 bridgehead atoms. The number of aryl methyl sites for hydroxylation is 1. The molecule has 0 amide bonds. The highest BCUT2D eigenvalue weighted by molar-refractivity contribution is 5.80. The van der Waals surface area contributed by atoms with Gasteiger partial charge in [0.15, 0.2) is 5.96 Å². The highest BCUT2D eigenvalue weighted by atomic mass is 16.5. The Morgan fingerprint density at radius 1 is 1.50 bits per heavy atom. The molecule has 1 N–H and O–H groups in total. The lowest BCUT2D eigenvalue weighted by Gasteiger charge is -2.33. The van der Waals surface area contributed by atoms with Crippen LogP contribution in [-0.4, -0.2) is 53.4 Å². The molecule has 1 fully saturated rings. The largest absolute Gasteiger partial charge is 0.466 e. The van der Waals surface area contributed by atoms with Crippen molar-refractivity contribution in [3.05, 3.63) is 18.0 Å². The lowest BCUT2D eigenvalue weighted by atomic mass is 9.97. The van der Waals surface area contributed by atoms with E-state index in [1.807, 2.05) is 26.4 Å². The quantitative estimate of drug-likeness (QED) is 0.505. The molecule has 1 aromatic heterocycles. The summed E-state index contributed by atoms with van der Waals surface area (Å²) in [6.45, 7) is 4.62. The maximum atomic E-state index is 11.8. The molecule has 0 atom stereocenters. The molecule has 1 aliphatic heterocycles. The molecule has 7 heteroatoms. The Bertz CT molecular complexity index is 518. The van der Waals surface area contributed by atoms with Crippen LogP contribution in [0.2, 0.25) is 0 Å². The molecule has 0 unspecified atom stereocenters. The number of aliphatic imine (C=N–C) groups is 1. The minimum atomic E-state index is -0.0690. The summed E-state index contributed by atoms with van der Waals surface area (Å²) in [6, 6.07) is 0. The normalized spacial score (nSPS) is 16.7. The number of piperidine rings is 1. The van der Waals surface area contributed by atoms with Gasteiger partial charge in [-0.15, -0.1) is 0 Å². The van der Waals surface area contributed by atoms with Gasteiger partial charge in [0.05, 0.1) is 18.7 Å². The zero-order chi connectivity index (χ0) is 15.9. The van der Waals surface area contributed by atoms with E-state index >= 15 is 0 Å². The number of aromatic nitrogens is 2. The fourth-order valence-corrected chi connectivity index (χ4v) is 2.66. The molecule has 1 aliphatic rings. The van der Waals surface area contributed by atoms with Gasteiger partial charge in [-0.05, 0) is 19.8 Å². The van der Waals surface area contributed by atoms with E-state index in [2.05, 4.69) is 20.3 Å². The van der Waals surface area contributed by atoms with Crippen LogP contribution < -0.4 is 5.32 Å². The van der Waals surface area contributed by atoms with Crippen molar-refractivity contribution in [1.82, 2.24) is 20.0 Å². The van der Waals surface area contributed by atoms with Gasteiger partial charge in [-0.3, -0.25) is 14.5 Å². The van der Waals surface area contributed by atoms with Crippen LogP contribution >= 0.6 is 0 Å². The van der Waals surface area contributed by atoms with Gasteiger partial charge in [0.25, 0.3) is 0 Å². The Labute approximate surface area is 131 Å². The van der Waals surface area contributed by atoms with E-state index in [0.717, 1.165) is 37.5 Å². The minimum Gasteiger partial charge on any atom is -0.466 e. The van der Waals surface area contributed by atoms with Crippen LogP contribution in [0.4, 0.5) is 0 Å². The number of hydrogen-bond donors (Lipinski definition) is 1. The molecular formula is C15H25N5O2. The van der Waals surface area contributed by atoms with Crippen molar-refractivity contribution < 1.29 is 9.53 Å². The van der Waals surface area contributed by atoms with E-state index in [0.29, 0.717) is 13.2 Å².